The summed E-state index contributed by atoms with van der Waals surface area (Å²) < 4.78 is 36.9. The van der Waals surface area contributed by atoms with Crippen LogP contribution in [0, 0.1) is 6.42 Å². The van der Waals surface area contributed by atoms with E-state index in [0.29, 0.717) is 6.42 Å². The number of halogens is 3. The van der Waals surface area contributed by atoms with Crippen LogP contribution in [0.15, 0.2) is 0 Å². The topological polar surface area (TPSA) is 9.23 Å². The van der Waals surface area contributed by atoms with Gasteiger partial charge in [0.2, 0.25) is 0 Å². The predicted octanol–water partition coefficient (Wildman–Crippen LogP) is 2.14. The van der Waals surface area contributed by atoms with Gasteiger partial charge in [-0.2, -0.15) is 0 Å². The van der Waals surface area contributed by atoms with Gasteiger partial charge < -0.3 is 0 Å². The van der Waals surface area contributed by atoms with Crippen LogP contribution < -0.4 is 0 Å². The maximum absolute atomic E-state index is 11.1. The van der Waals surface area contributed by atoms with E-state index in [0.717, 1.165) is 0 Å². The molecule has 0 aliphatic carbocycles. The monoisotopic (exact) mass is 141 g/mol. The molecule has 0 unspecified atom stereocenters. The summed E-state index contributed by atoms with van der Waals surface area (Å²) in [7, 11) is 0. The second kappa shape index (κ2) is 3.71. The molecule has 0 N–H and O–H groups in total. The Kier molecular flexibility index (Phi) is 3.61. The van der Waals surface area contributed by atoms with E-state index in [4.69, 9.17) is 0 Å². The van der Waals surface area contributed by atoms with Crippen molar-refractivity contribution in [2.45, 2.75) is 19.7 Å². The van der Waals surface area contributed by atoms with E-state index in [1.807, 2.05) is 0 Å². The zero-order valence-electron chi connectivity index (χ0n) is 5.03. The number of alkyl halides is 3. The zero-order valence-corrected chi connectivity index (χ0v) is 5.03. The average molecular weight is 141 g/mol. The van der Waals surface area contributed by atoms with Gasteiger partial charge in [-0.25, -0.2) is 0 Å². The van der Waals surface area contributed by atoms with Gasteiger partial charge in [-0.15, -0.1) is 13.2 Å². The molecule has 0 spiro atoms. The molecule has 0 aromatic rings. The Hall–Kier alpha value is -0.250. The Balaban J connectivity index is 3.07. The first-order chi connectivity index (χ1) is 4.06. The molecule has 0 rings (SSSR count). The standard InChI is InChI=1S/C5H8F3O/c1-2-3-4-9-5(6,7)8/h2H,3-4H2,1H3. The lowest BCUT2D eigenvalue weighted by molar-refractivity contribution is -0.324. The van der Waals surface area contributed by atoms with E-state index in [1.54, 1.807) is 13.3 Å². The molecule has 0 heterocycles. The van der Waals surface area contributed by atoms with Crippen LogP contribution in [0.1, 0.15) is 13.3 Å². The summed E-state index contributed by atoms with van der Waals surface area (Å²) in [6.07, 6.45) is -2.52. The first-order valence-electron chi connectivity index (χ1n) is 2.55. The van der Waals surface area contributed by atoms with Crippen molar-refractivity contribution in [1.29, 1.82) is 0 Å². The third-order valence-electron chi connectivity index (χ3n) is 0.672. The van der Waals surface area contributed by atoms with E-state index in [9.17, 15) is 13.2 Å². The van der Waals surface area contributed by atoms with Crippen molar-refractivity contribution in [3.8, 4) is 0 Å². The molecule has 0 aliphatic heterocycles. The minimum atomic E-state index is -4.47. The average Bonchev–Trinajstić information content (AvgIpc) is 1.63. The molecule has 1 nitrogen and oxygen atoms in total. The van der Waals surface area contributed by atoms with Gasteiger partial charge in [-0.05, 0) is 12.8 Å². The highest BCUT2D eigenvalue weighted by molar-refractivity contribution is 4.53. The Labute approximate surface area is 51.8 Å². The Bertz CT molecular complexity index is 69.1. The van der Waals surface area contributed by atoms with Crippen molar-refractivity contribution in [1.82, 2.24) is 0 Å². The Morgan fingerprint density at radius 1 is 1.44 bits per heavy atom. The van der Waals surface area contributed by atoms with Crippen LogP contribution in [0.5, 0.6) is 0 Å². The van der Waals surface area contributed by atoms with Crippen molar-refractivity contribution in [3.05, 3.63) is 6.42 Å². The van der Waals surface area contributed by atoms with Crippen LogP contribution in [0.25, 0.3) is 0 Å². The molecular weight excluding hydrogens is 133 g/mol. The van der Waals surface area contributed by atoms with Crippen LogP contribution in [0.3, 0.4) is 0 Å². The first kappa shape index (κ1) is 8.75. The summed E-state index contributed by atoms with van der Waals surface area (Å²) in [6, 6.07) is 0. The van der Waals surface area contributed by atoms with Crippen molar-refractivity contribution < 1.29 is 17.9 Å². The molecular formula is C5H8F3O. The molecule has 0 bridgehead atoms. The second-order valence-corrected chi connectivity index (χ2v) is 1.49. The van der Waals surface area contributed by atoms with Crippen LogP contribution in [0.2, 0.25) is 0 Å². The molecule has 0 amide bonds. The number of ether oxygens (including phenoxy) is 1. The zero-order chi connectivity index (χ0) is 7.33. The number of hydrogen-bond acceptors (Lipinski definition) is 1. The van der Waals surface area contributed by atoms with Crippen molar-refractivity contribution in [2.24, 2.45) is 0 Å². The van der Waals surface area contributed by atoms with E-state index < -0.39 is 6.36 Å². The first-order valence-corrected chi connectivity index (χ1v) is 2.55. The van der Waals surface area contributed by atoms with E-state index in [1.165, 1.54) is 0 Å². The fraction of sp³-hybridized carbons (Fsp3) is 0.800. The lowest BCUT2D eigenvalue weighted by Crippen LogP contribution is -2.13. The summed E-state index contributed by atoms with van der Waals surface area (Å²) >= 11 is 0. The number of hydrogen-bond donors (Lipinski definition) is 0. The molecule has 0 atom stereocenters. The molecule has 0 aromatic carbocycles. The van der Waals surface area contributed by atoms with E-state index >= 15 is 0 Å². The molecule has 0 saturated carbocycles. The minimum Gasteiger partial charge on any atom is -0.292 e. The molecule has 1 radical (unpaired) electrons. The maximum atomic E-state index is 11.1. The largest absolute Gasteiger partial charge is 0.522 e. The second-order valence-electron chi connectivity index (χ2n) is 1.49. The Morgan fingerprint density at radius 2 is 2.00 bits per heavy atom. The highest BCUT2D eigenvalue weighted by Gasteiger charge is 2.28. The number of unbranched alkanes of at least 4 members (excludes halogenated alkanes) is 1. The summed E-state index contributed by atoms with van der Waals surface area (Å²) in [5.41, 5.74) is 0. The van der Waals surface area contributed by atoms with E-state index in [-0.39, 0.29) is 6.61 Å². The third kappa shape index (κ3) is 7.75. The van der Waals surface area contributed by atoms with Gasteiger partial charge in [0.15, 0.2) is 0 Å². The van der Waals surface area contributed by atoms with Gasteiger partial charge in [0.05, 0.1) is 6.61 Å². The molecule has 9 heavy (non-hydrogen) atoms. The summed E-state index contributed by atoms with van der Waals surface area (Å²) in [6.45, 7) is 1.40. The van der Waals surface area contributed by atoms with Gasteiger partial charge in [-0.3, -0.25) is 4.74 Å². The van der Waals surface area contributed by atoms with Crippen molar-refractivity contribution in [2.75, 3.05) is 6.61 Å². The quantitative estimate of drug-likeness (QED) is 0.547. The van der Waals surface area contributed by atoms with Crippen molar-refractivity contribution >= 4 is 0 Å². The summed E-state index contributed by atoms with van der Waals surface area (Å²) in [5, 5.41) is 0. The molecule has 0 fully saturated rings. The maximum Gasteiger partial charge on any atom is 0.522 e. The minimum absolute atomic E-state index is 0.278. The van der Waals surface area contributed by atoms with Crippen LogP contribution >= 0.6 is 0 Å². The van der Waals surface area contributed by atoms with Crippen LogP contribution in [-0.4, -0.2) is 13.0 Å². The van der Waals surface area contributed by atoms with Gasteiger partial charge in [0.25, 0.3) is 0 Å². The van der Waals surface area contributed by atoms with Gasteiger partial charge in [0, 0.05) is 0 Å². The van der Waals surface area contributed by atoms with Crippen molar-refractivity contribution in [3.63, 3.8) is 0 Å². The normalized spacial score (nSPS) is 12.0. The highest BCUT2D eigenvalue weighted by Crippen LogP contribution is 2.16. The van der Waals surface area contributed by atoms with Crippen LogP contribution in [0.4, 0.5) is 13.2 Å². The predicted molar refractivity (Wildman–Crippen MR) is 26.6 cm³/mol. The Morgan fingerprint density at radius 3 is 2.33 bits per heavy atom. The fourth-order valence-electron chi connectivity index (χ4n) is 0.293. The molecule has 0 saturated heterocycles. The van der Waals surface area contributed by atoms with Crippen LogP contribution in [-0.2, 0) is 4.74 Å². The summed E-state index contributed by atoms with van der Waals surface area (Å²) in [5.74, 6) is 0. The third-order valence-corrected chi connectivity index (χ3v) is 0.672. The number of rotatable bonds is 3. The highest BCUT2D eigenvalue weighted by atomic mass is 19.4. The molecule has 55 valence electrons. The smallest absolute Gasteiger partial charge is 0.292 e. The van der Waals surface area contributed by atoms with Gasteiger partial charge in [-0.1, -0.05) is 6.92 Å². The molecule has 4 heteroatoms. The van der Waals surface area contributed by atoms with E-state index in [2.05, 4.69) is 4.74 Å². The molecule has 0 aliphatic rings. The lowest BCUT2D eigenvalue weighted by atomic mass is 10.4. The SMILES string of the molecule is C[CH]CCOC(F)(F)F. The summed E-state index contributed by atoms with van der Waals surface area (Å²) in [4.78, 5) is 0. The van der Waals surface area contributed by atoms with Gasteiger partial charge >= 0.3 is 6.36 Å². The fourth-order valence-corrected chi connectivity index (χ4v) is 0.293. The lowest BCUT2D eigenvalue weighted by Gasteiger charge is -2.04. The van der Waals surface area contributed by atoms with Gasteiger partial charge in [0.1, 0.15) is 0 Å². The molecule has 0 aromatic heterocycles.